The van der Waals surface area contributed by atoms with Crippen LogP contribution in [0.25, 0.3) is 0 Å². The summed E-state index contributed by atoms with van der Waals surface area (Å²) in [6.07, 6.45) is 1.86. The third-order valence-electron chi connectivity index (χ3n) is 4.49. The Morgan fingerprint density at radius 2 is 1.93 bits per heavy atom. The van der Waals surface area contributed by atoms with Crippen LogP contribution >= 0.6 is 0 Å². The standard InChI is InChI=1S/C22H24N4O3/c1-14(2)21-24-17(12-19(27)26-21)11-18(15-7-5-4-6-8-15)25-22(28)16-9-10-20(29-3)23-13-16/h4-10,12-14,18H,11H2,1-3H3,(H,25,28)(H,24,26,27)/t18-/m1/s1. The molecule has 1 amide bonds. The topological polar surface area (TPSA) is 97.0 Å². The molecule has 0 bridgehead atoms. The monoisotopic (exact) mass is 392 g/mol. The van der Waals surface area contributed by atoms with Crippen molar-refractivity contribution in [2.45, 2.75) is 32.2 Å². The Morgan fingerprint density at radius 1 is 1.17 bits per heavy atom. The lowest BCUT2D eigenvalue weighted by molar-refractivity contribution is 0.0936. The third kappa shape index (κ3) is 5.28. The smallest absolute Gasteiger partial charge is 0.253 e. The van der Waals surface area contributed by atoms with Crippen LogP contribution in [0.5, 0.6) is 5.88 Å². The first-order chi connectivity index (χ1) is 14.0. The minimum absolute atomic E-state index is 0.0952. The SMILES string of the molecule is COc1ccc(C(=O)N[C@H](Cc2cc(=O)[nH]c(C(C)C)n2)c2ccccc2)cn1. The van der Waals surface area contributed by atoms with Gasteiger partial charge in [-0.25, -0.2) is 9.97 Å². The number of H-pyrrole nitrogens is 1. The zero-order chi connectivity index (χ0) is 20.8. The number of rotatable bonds is 7. The molecule has 7 nitrogen and oxygen atoms in total. The molecule has 2 heterocycles. The van der Waals surface area contributed by atoms with E-state index in [4.69, 9.17) is 4.74 Å². The second-order valence-electron chi connectivity index (χ2n) is 7.01. The molecule has 0 saturated carbocycles. The number of hydrogen-bond donors (Lipinski definition) is 2. The molecule has 0 aliphatic heterocycles. The summed E-state index contributed by atoms with van der Waals surface area (Å²) in [4.78, 5) is 36.2. The van der Waals surface area contributed by atoms with E-state index in [1.807, 2.05) is 44.2 Å². The second-order valence-corrected chi connectivity index (χ2v) is 7.01. The molecule has 3 aromatic rings. The molecule has 1 atom stereocenters. The lowest BCUT2D eigenvalue weighted by Gasteiger charge is -2.19. The zero-order valence-electron chi connectivity index (χ0n) is 16.7. The largest absolute Gasteiger partial charge is 0.481 e. The van der Waals surface area contributed by atoms with Crippen molar-refractivity contribution in [2.75, 3.05) is 7.11 Å². The number of hydrogen-bond acceptors (Lipinski definition) is 5. The summed E-state index contributed by atoms with van der Waals surface area (Å²) in [6, 6.07) is 14.0. The maximum atomic E-state index is 12.8. The van der Waals surface area contributed by atoms with E-state index in [1.165, 1.54) is 19.4 Å². The van der Waals surface area contributed by atoms with Crippen LogP contribution in [0.3, 0.4) is 0 Å². The molecular weight excluding hydrogens is 368 g/mol. The molecule has 0 unspecified atom stereocenters. The highest BCUT2D eigenvalue weighted by molar-refractivity contribution is 5.94. The van der Waals surface area contributed by atoms with Gasteiger partial charge >= 0.3 is 0 Å². The van der Waals surface area contributed by atoms with Crippen LogP contribution in [-0.4, -0.2) is 28.0 Å². The van der Waals surface area contributed by atoms with E-state index < -0.39 is 0 Å². The van der Waals surface area contributed by atoms with E-state index in [-0.39, 0.29) is 23.4 Å². The fourth-order valence-electron chi connectivity index (χ4n) is 2.93. The summed E-state index contributed by atoms with van der Waals surface area (Å²) in [5, 5.41) is 3.03. The number of amides is 1. The molecule has 0 aliphatic rings. The van der Waals surface area contributed by atoms with E-state index in [0.717, 1.165) is 5.56 Å². The lowest BCUT2D eigenvalue weighted by Crippen LogP contribution is -2.30. The fraction of sp³-hybridized carbons (Fsp3) is 0.273. The first-order valence-electron chi connectivity index (χ1n) is 9.42. The van der Waals surface area contributed by atoms with E-state index in [0.29, 0.717) is 29.4 Å². The van der Waals surface area contributed by atoms with Gasteiger partial charge in [-0.3, -0.25) is 9.59 Å². The normalized spacial score (nSPS) is 11.9. The van der Waals surface area contributed by atoms with Gasteiger partial charge in [0.2, 0.25) is 5.88 Å². The number of pyridine rings is 1. The van der Waals surface area contributed by atoms with Crippen molar-refractivity contribution >= 4 is 5.91 Å². The van der Waals surface area contributed by atoms with Gasteiger partial charge in [0.15, 0.2) is 0 Å². The molecule has 150 valence electrons. The van der Waals surface area contributed by atoms with Crippen molar-refractivity contribution in [2.24, 2.45) is 0 Å². The van der Waals surface area contributed by atoms with Crippen LogP contribution in [0.2, 0.25) is 0 Å². The van der Waals surface area contributed by atoms with E-state index in [2.05, 4.69) is 20.3 Å². The minimum atomic E-state index is -0.347. The average Bonchev–Trinajstić information content (AvgIpc) is 2.73. The van der Waals surface area contributed by atoms with Crippen LogP contribution in [0.15, 0.2) is 59.5 Å². The summed E-state index contributed by atoms with van der Waals surface area (Å²) in [7, 11) is 1.52. The fourth-order valence-corrected chi connectivity index (χ4v) is 2.93. The number of nitrogens with one attached hydrogen (secondary N) is 2. The van der Waals surface area contributed by atoms with Gasteiger partial charge in [-0.1, -0.05) is 44.2 Å². The van der Waals surface area contributed by atoms with Crippen molar-refractivity contribution in [1.29, 1.82) is 0 Å². The summed E-state index contributed by atoms with van der Waals surface area (Å²) in [5.41, 5.74) is 1.78. The first kappa shape index (κ1) is 20.3. The highest BCUT2D eigenvalue weighted by atomic mass is 16.5. The number of aromatic amines is 1. The Labute approximate surface area is 169 Å². The molecule has 3 rings (SSSR count). The van der Waals surface area contributed by atoms with E-state index in [9.17, 15) is 9.59 Å². The number of carbonyl (C=O) groups is 1. The predicted molar refractivity (Wildman–Crippen MR) is 110 cm³/mol. The van der Waals surface area contributed by atoms with Gasteiger partial charge in [-0.15, -0.1) is 0 Å². The second kappa shape index (κ2) is 9.14. The highest BCUT2D eigenvalue weighted by Gasteiger charge is 2.18. The van der Waals surface area contributed by atoms with Crippen molar-refractivity contribution in [3.8, 4) is 5.88 Å². The van der Waals surface area contributed by atoms with Crippen LogP contribution in [0, 0.1) is 0 Å². The summed E-state index contributed by atoms with van der Waals surface area (Å²) in [5.74, 6) is 0.904. The first-order valence-corrected chi connectivity index (χ1v) is 9.42. The number of ether oxygens (including phenoxy) is 1. The Kier molecular flexibility index (Phi) is 6.39. The summed E-state index contributed by atoms with van der Waals surface area (Å²) < 4.78 is 5.04. The number of benzene rings is 1. The van der Waals surface area contributed by atoms with Gasteiger partial charge in [0.1, 0.15) is 5.82 Å². The molecule has 29 heavy (non-hydrogen) atoms. The molecule has 0 saturated heterocycles. The molecule has 0 fully saturated rings. The van der Waals surface area contributed by atoms with Crippen molar-refractivity contribution < 1.29 is 9.53 Å². The Balaban J connectivity index is 1.87. The molecule has 0 radical (unpaired) electrons. The number of methoxy groups -OCH3 is 1. The summed E-state index contributed by atoms with van der Waals surface area (Å²) in [6.45, 7) is 3.93. The molecule has 2 aromatic heterocycles. The highest BCUT2D eigenvalue weighted by Crippen LogP contribution is 2.19. The molecule has 0 spiro atoms. The molecule has 1 aromatic carbocycles. The summed E-state index contributed by atoms with van der Waals surface area (Å²) >= 11 is 0. The number of carbonyl (C=O) groups excluding carboxylic acids is 1. The molecule has 0 aliphatic carbocycles. The van der Waals surface area contributed by atoms with Crippen LogP contribution in [0.1, 0.15) is 53.2 Å². The minimum Gasteiger partial charge on any atom is -0.481 e. The third-order valence-corrected chi connectivity index (χ3v) is 4.49. The molecular formula is C22H24N4O3. The van der Waals surface area contributed by atoms with Crippen LogP contribution in [-0.2, 0) is 6.42 Å². The quantitative estimate of drug-likeness (QED) is 0.644. The predicted octanol–water partition coefficient (Wildman–Crippen LogP) is 3.01. The van der Waals surface area contributed by atoms with E-state index in [1.54, 1.807) is 12.1 Å². The Bertz CT molecular complexity index is 1010. The van der Waals surface area contributed by atoms with Gasteiger partial charge < -0.3 is 15.0 Å². The lowest BCUT2D eigenvalue weighted by atomic mass is 10.0. The van der Waals surface area contributed by atoms with Crippen molar-refractivity contribution in [3.05, 3.63) is 87.7 Å². The number of nitrogens with zero attached hydrogens (tertiary/aromatic N) is 2. The average molecular weight is 392 g/mol. The van der Waals surface area contributed by atoms with Crippen molar-refractivity contribution in [3.63, 3.8) is 0 Å². The molecule has 7 heteroatoms. The Hall–Kier alpha value is -3.48. The van der Waals surface area contributed by atoms with Gasteiger partial charge in [0.05, 0.1) is 24.4 Å². The van der Waals surface area contributed by atoms with Gasteiger partial charge in [-0.2, -0.15) is 0 Å². The van der Waals surface area contributed by atoms with Crippen LogP contribution < -0.4 is 15.6 Å². The Morgan fingerprint density at radius 3 is 2.55 bits per heavy atom. The molecule has 2 N–H and O–H groups in total. The zero-order valence-corrected chi connectivity index (χ0v) is 16.7. The van der Waals surface area contributed by atoms with Gasteiger partial charge in [0, 0.05) is 30.7 Å². The van der Waals surface area contributed by atoms with Gasteiger partial charge in [-0.05, 0) is 11.6 Å². The maximum Gasteiger partial charge on any atom is 0.253 e. The maximum absolute atomic E-state index is 12.8. The van der Waals surface area contributed by atoms with Crippen molar-refractivity contribution in [1.82, 2.24) is 20.3 Å². The van der Waals surface area contributed by atoms with Crippen LogP contribution in [0.4, 0.5) is 0 Å². The van der Waals surface area contributed by atoms with E-state index >= 15 is 0 Å². The number of aromatic nitrogens is 3. The van der Waals surface area contributed by atoms with Gasteiger partial charge in [0.25, 0.3) is 11.5 Å².